The number of amides is 1. The minimum atomic E-state index is -0.437. The highest BCUT2D eigenvalue weighted by Crippen LogP contribution is 2.34. The molecule has 0 bridgehead atoms. The normalized spacial score (nSPS) is 18.2. The highest BCUT2D eigenvalue weighted by atomic mass is 16.6. The largest absolute Gasteiger partial charge is 0.329 e. The molecular weight excluding hydrogens is 252 g/mol. The second kappa shape index (κ2) is 7.41. The third-order valence-electron chi connectivity index (χ3n) is 4.18. The molecule has 20 heavy (non-hydrogen) atoms. The summed E-state index contributed by atoms with van der Waals surface area (Å²) in [5.74, 6) is -0.0576. The lowest BCUT2D eigenvalue weighted by Gasteiger charge is -2.29. The topological polar surface area (TPSA) is 64.4 Å². The first kappa shape index (κ1) is 15.0. The molecule has 0 spiro atoms. The van der Waals surface area contributed by atoms with E-state index in [1.807, 2.05) is 30.3 Å². The maximum Gasteiger partial charge on any atom is 0.251 e. The van der Waals surface area contributed by atoms with Crippen molar-refractivity contribution in [3.63, 3.8) is 0 Å². The molecule has 1 saturated carbocycles. The molecule has 0 aliphatic heterocycles. The van der Waals surface area contributed by atoms with Gasteiger partial charge in [0.05, 0.1) is 12.0 Å². The summed E-state index contributed by atoms with van der Waals surface area (Å²) < 4.78 is 0. The fourth-order valence-corrected chi connectivity index (χ4v) is 2.80. The molecule has 1 amide bonds. The average molecular weight is 276 g/mol. The summed E-state index contributed by atoms with van der Waals surface area (Å²) >= 11 is 0. The van der Waals surface area contributed by atoms with Crippen molar-refractivity contribution >= 4 is 5.91 Å². The zero-order valence-electron chi connectivity index (χ0n) is 11.9. The van der Waals surface area contributed by atoms with Gasteiger partial charge in [-0.2, -0.15) is 0 Å². The van der Waals surface area contributed by atoms with E-state index in [0.717, 1.165) is 31.2 Å². The Morgan fingerprint density at radius 2 is 1.80 bits per heavy atom. The molecule has 0 unspecified atom stereocenters. The zero-order chi connectivity index (χ0) is 14.3. The van der Waals surface area contributed by atoms with Crippen LogP contribution in [0.15, 0.2) is 30.3 Å². The van der Waals surface area contributed by atoms with E-state index in [0.29, 0.717) is 13.2 Å². The van der Waals surface area contributed by atoms with Crippen LogP contribution in [0.1, 0.15) is 44.1 Å². The molecule has 0 heterocycles. The molecule has 1 aliphatic carbocycles. The van der Waals surface area contributed by atoms with Crippen LogP contribution >= 0.6 is 0 Å². The maximum absolute atomic E-state index is 12.4. The Morgan fingerprint density at radius 3 is 2.40 bits per heavy atom. The highest BCUT2D eigenvalue weighted by molar-refractivity contribution is 5.82. The Morgan fingerprint density at radius 1 is 1.15 bits per heavy atom. The van der Waals surface area contributed by atoms with Gasteiger partial charge in [-0.05, 0) is 18.4 Å². The average Bonchev–Trinajstić information content (AvgIpc) is 2.74. The van der Waals surface area contributed by atoms with E-state index >= 15 is 0 Å². The van der Waals surface area contributed by atoms with Gasteiger partial charge in [0.1, 0.15) is 0 Å². The first-order valence-corrected chi connectivity index (χ1v) is 7.43. The van der Waals surface area contributed by atoms with Crippen molar-refractivity contribution in [3.05, 3.63) is 35.9 Å². The Bertz CT molecular complexity index is 412. The third kappa shape index (κ3) is 3.81. The Kier molecular flexibility index (Phi) is 5.56. The quantitative estimate of drug-likeness (QED) is 0.641. The van der Waals surface area contributed by atoms with Gasteiger partial charge in [-0.25, -0.2) is 5.48 Å². The first-order valence-electron chi connectivity index (χ1n) is 7.43. The van der Waals surface area contributed by atoms with Gasteiger partial charge in [0.15, 0.2) is 0 Å². The van der Waals surface area contributed by atoms with Crippen molar-refractivity contribution in [1.29, 1.82) is 0 Å². The smallest absolute Gasteiger partial charge is 0.251 e. The molecule has 4 nitrogen and oxygen atoms in total. The lowest BCUT2D eigenvalue weighted by molar-refractivity contribution is -0.145. The predicted molar refractivity (Wildman–Crippen MR) is 78.6 cm³/mol. The monoisotopic (exact) mass is 276 g/mol. The van der Waals surface area contributed by atoms with Crippen LogP contribution in [0.3, 0.4) is 0 Å². The van der Waals surface area contributed by atoms with E-state index < -0.39 is 5.41 Å². The number of nitrogens with two attached hydrogens (primary N) is 1. The molecule has 0 aromatic heterocycles. The van der Waals surface area contributed by atoms with Gasteiger partial charge < -0.3 is 5.73 Å². The van der Waals surface area contributed by atoms with Gasteiger partial charge in [-0.1, -0.05) is 56.0 Å². The van der Waals surface area contributed by atoms with Crippen LogP contribution in [-0.4, -0.2) is 12.5 Å². The Balaban J connectivity index is 1.86. The van der Waals surface area contributed by atoms with Crippen LogP contribution in [0.2, 0.25) is 0 Å². The number of nitrogens with one attached hydrogen (secondary N) is 1. The van der Waals surface area contributed by atoms with Crippen LogP contribution < -0.4 is 11.2 Å². The van der Waals surface area contributed by atoms with Gasteiger partial charge in [0.2, 0.25) is 0 Å². The van der Waals surface area contributed by atoms with Crippen LogP contribution in [-0.2, 0) is 16.2 Å². The molecular formula is C16H24N2O2. The van der Waals surface area contributed by atoms with E-state index in [2.05, 4.69) is 5.48 Å². The van der Waals surface area contributed by atoms with Crippen molar-refractivity contribution in [1.82, 2.24) is 5.48 Å². The van der Waals surface area contributed by atoms with Gasteiger partial charge >= 0.3 is 0 Å². The molecule has 0 saturated heterocycles. The Hall–Kier alpha value is -1.39. The molecule has 4 heteroatoms. The lowest BCUT2D eigenvalue weighted by Crippen LogP contribution is -2.45. The molecule has 1 aromatic rings. The molecule has 1 aliphatic rings. The number of hydrogen-bond donors (Lipinski definition) is 2. The number of hydrogen-bond acceptors (Lipinski definition) is 3. The SMILES string of the molecule is NCC1(C(=O)NOCc2ccccc2)CCCCCC1. The number of carbonyl (C=O) groups excluding carboxylic acids is 1. The number of rotatable bonds is 5. The highest BCUT2D eigenvalue weighted by Gasteiger charge is 2.37. The van der Waals surface area contributed by atoms with Crippen molar-refractivity contribution in [2.75, 3.05) is 6.54 Å². The standard InChI is InChI=1S/C16H24N2O2/c17-13-16(10-6-1-2-7-11-16)15(19)18-20-12-14-8-4-3-5-9-14/h3-5,8-9H,1-2,6-7,10-13,17H2,(H,18,19). The summed E-state index contributed by atoms with van der Waals surface area (Å²) in [7, 11) is 0. The zero-order valence-corrected chi connectivity index (χ0v) is 11.9. The van der Waals surface area contributed by atoms with Gasteiger partial charge in [0, 0.05) is 6.54 Å². The van der Waals surface area contributed by atoms with Crippen molar-refractivity contribution < 1.29 is 9.63 Å². The fourth-order valence-electron chi connectivity index (χ4n) is 2.80. The summed E-state index contributed by atoms with van der Waals surface area (Å²) in [6, 6.07) is 9.80. The van der Waals surface area contributed by atoms with Crippen LogP contribution in [0.25, 0.3) is 0 Å². The summed E-state index contributed by atoms with van der Waals surface area (Å²) in [6.07, 6.45) is 6.26. The maximum atomic E-state index is 12.4. The summed E-state index contributed by atoms with van der Waals surface area (Å²) in [6.45, 7) is 0.779. The van der Waals surface area contributed by atoms with Crippen molar-refractivity contribution in [2.45, 2.75) is 45.1 Å². The number of hydroxylamine groups is 1. The van der Waals surface area contributed by atoms with Crippen LogP contribution in [0.5, 0.6) is 0 Å². The molecule has 2 rings (SSSR count). The van der Waals surface area contributed by atoms with Gasteiger partial charge in [0.25, 0.3) is 5.91 Å². The Labute approximate surface area is 120 Å². The molecule has 1 aromatic carbocycles. The second-order valence-electron chi connectivity index (χ2n) is 5.60. The summed E-state index contributed by atoms with van der Waals surface area (Å²) in [5.41, 5.74) is 9.08. The third-order valence-corrected chi connectivity index (χ3v) is 4.18. The number of benzene rings is 1. The van der Waals surface area contributed by atoms with E-state index in [4.69, 9.17) is 10.6 Å². The lowest BCUT2D eigenvalue weighted by atomic mass is 9.80. The first-order chi connectivity index (χ1) is 9.77. The van der Waals surface area contributed by atoms with Crippen molar-refractivity contribution in [2.24, 2.45) is 11.1 Å². The van der Waals surface area contributed by atoms with Gasteiger partial charge in [-0.3, -0.25) is 9.63 Å². The van der Waals surface area contributed by atoms with E-state index in [9.17, 15) is 4.79 Å². The molecule has 1 fully saturated rings. The minimum absolute atomic E-state index is 0.0576. The molecule has 3 N–H and O–H groups in total. The minimum Gasteiger partial charge on any atom is -0.329 e. The summed E-state index contributed by atoms with van der Waals surface area (Å²) in [4.78, 5) is 17.7. The van der Waals surface area contributed by atoms with E-state index in [1.54, 1.807) is 0 Å². The fraction of sp³-hybridized carbons (Fsp3) is 0.562. The van der Waals surface area contributed by atoms with Crippen LogP contribution in [0.4, 0.5) is 0 Å². The molecule has 0 radical (unpaired) electrons. The predicted octanol–water partition coefficient (Wildman–Crippen LogP) is 2.53. The number of carbonyl (C=O) groups is 1. The van der Waals surface area contributed by atoms with Crippen molar-refractivity contribution in [3.8, 4) is 0 Å². The summed E-state index contributed by atoms with van der Waals surface area (Å²) in [5, 5.41) is 0. The van der Waals surface area contributed by atoms with Crippen LogP contribution in [0, 0.1) is 5.41 Å². The van der Waals surface area contributed by atoms with E-state index in [1.165, 1.54) is 12.8 Å². The molecule has 0 atom stereocenters. The molecule has 110 valence electrons. The van der Waals surface area contributed by atoms with E-state index in [-0.39, 0.29) is 5.91 Å². The van der Waals surface area contributed by atoms with Gasteiger partial charge in [-0.15, -0.1) is 0 Å². The second-order valence-corrected chi connectivity index (χ2v) is 5.60.